The first-order valence-corrected chi connectivity index (χ1v) is 6.12. The van der Waals surface area contributed by atoms with Gasteiger partial charge in [0.15, 0.2) is 0 Å². The molecule has 0 saturated heterocycles. The number of phenolic OH excluding ortho intramolecular Hbond substituents is 1. The van der Waals surface area contributed by atoms with Crippen molar-refractivity contribution < 1.29 is 20.4 Å². The molecule has 1 heterocycles. The number of aliphatic hydroxyl groups excluding tert-OH is 3. The Morgan fingerprint density at radius 1 is 1.05 bits per heavy atom. The second-order valence-corrected chi connectivity index (χ2v) is 4.64. The summed E-state index contributed by atoms with van der Waals surface area (Å²) in [4.78, 5) is 4.23. The quantitative estimate of drug-likeness (QED) is 0.489. The lowest BCUT2D eigenvalue weighted by Gasteiger charge is -2.20. The molecular formula is C14H20AlN2O4. The van der Waals surface area contributed by atoms with E-state index in [2.05, 4.69) is 4.98 Å². The van der Waals surface area contributed by atoms with Crippen LogP contribution in [-0.2, 0) is 0 Å². The molecule has 1 aromatic heterocycles. The van der Waals surface area contributed by atoms with Crippen molar-refractivity contribution in [1.29, 1.82) is 0 Å². The number of hydrogen-bond acceptors (Lipinski definition) is 6. The summed E-state index contributed by atoms with van der Waals surface area (Å²) in [5.41, 5.74) is 5.54. The lowest BCUT2D eigenvalue weighted by Crippen LogP contribution is -2.50. The van der Waals surface area contributed by atoms with Crippen molar-refractivity contribution in [3.8, 4) is 5.75 Å². The molecule has 0 saturated carbocycles. The van der Waals surface area contributed by atoms with E-state index in [1.54, 1.807) is 6.07 Å². The lowest BCUT2D eigenvalue weighted by molar-refractivity contribution is 0.0698. The Balaban J connectivity index is 0.000000397. The van der Waals surface area contributed by atoms with E-state index in [1.165, 1.54) is 0 Å². The highest BCUT2D eigenvalue weighted by molar-refractivity contribution is 5.84. The number of aryl methyl sites for hydroxylation is 1. The topological polar surface area (TPSA) is 120 Å². The van der Waals surface area contributed by atoms with E-state index < -0.39 is 25.4 Å². The van der Waals surface area contributed by atoms with Crippen LogP contribution < -0.4 is 5.73 Å². The molecule has 7 heteroatoms. The summed E-state index contributed by atoms with van der Waals surface area (Å²) in [6.45, 7) is 0.700. The highest BCUT2D eigenvalue weighted by atomic mass is 27.0. The number of aromatic hydroxyl groups is 1. The third-order valence-electron chi connectivity index (χ3n) is 2.78. The number of nitrogens with two attached hydrogens (primary N) is 1. The van der Waals surface area contributed by atoms with Crippen LogP contribution in [0.3, 0.4) is 0 Å². The molecule has 1 aromatic carbocycles. The zero-order chi connectivity index (χ0) is 15.2. The fourth-order valence-electron chi connectivity index (χ4n) is 1.38. The van der Waals surface area contributed by atoms with Gasteiger partial charge in [-0.1, -0.05) is 18.2 Å². The van der Waals surface area contributed by atoms with Crippen LogP contribution in [0.4, 0.5) is 0 Å². The molecular weight excluding hydrogens is 287 g/mol. The molecule has 0 amide bonds. The first kappa shape index (κ1) is 19.8. The number of hydrogen-bond donors (Lipinski definition) is 5. The van der Waals surface area contributed by atoms with Crippen molar-refractivity contribution >= 4 is 28.3 Å². The number of para-hydroxylation sites is 1. The van der Waals surface area contributed by atoms with Crippen LogP contribution in [0.2, 0.25) is 0 Å². The average molecular weight is 307 g/mol. The zero-order valence-electron chi connectivity index (χ0n) is 11.9. The summed E-state index contributed by atoms with van der Waals surface area (Å²) >= 11 is 0. The second-order valence-electron chi connectivity index (χ2n) is 4.64. The van der Waals surface area contributed by atoms with Gasteiger partial charge in [-0.3, -0.25) is 0 Å². The maximum atomic E-state index is 9.43. The van der Waals surface area contributed by atoms with Gasteiger partial charge in [-0.25, -0.2) is 4.98 Å². The minimum Gasteiger partial charge on any atom is -0.506 e. The number of aromatic nitrogens is 1. The third kappa shape index (κ3) is 5.59. The van der Waals surface area contributed by atoms with Gasteiger partial charge in [-0.05, 0) is 19.1 Å². The summed E-state index contributed by atoms with van der Waals surface area (Å²) in [5, 5.41) is 35.4. The number of fused-ring (bicyclic) bond motifs is 1. The molecule has 2 rings (SSSR count). The molecule has 21 heavy (non-hydrogen) atoms. The molecule has 6 nitrogen and oxygen atoms in total. The van der Waals surface area contributed by atoms with Gasteiger partial charge in [0.25, 0.3) is 0 Å². The van der Waals surface area contributed by atoms with Crippen LogP contribution in [0.1, 0.15) is 5.69 Å². The molecule has 0 atom stereocenters. The lowest BCUT2D eigenvalue weighted by atomic mass is 10.1. The Morgan fingerprint density at radius 2 is 1.62 bits per heavy atom. The predicted octanol–water partition coefficient (Wildman–Crippen LogP) is -0.471. The van der Waals surface area contributed by atoms with E-state index in [1.807, 2.05) is 31.2 Å². The summed E-state index contributed by atoms with van der Waals surface area (Å²) < 4.78 is 0. The van der Waals surface area contributed by atoms with Gasteiger partial charge in [-0.15, -0.1) is 0 Å². The molecule has 0 unspecified atom stereocenters. The number of nitrogens with zero attached hydrogens (tertiary/aromatic N) is 1. The Morgan fingerprint density at radius 3 is 2.10 bits per heavy atom. The number of aliphatic hydroxyl groups is 3. The highest BCUT2D eigenvalue weighted by Crippen LogP contribution is 2.21. The number of phenols is 1. The van der Waals surface area contributed by atoms with E-state index in [0.717, 1.165) is 11.1 Å². The van der Waals surface area contributed by atoms with E-state index in [-0.39, 0.29) is 23.1 Å². The van der Waals surface area contributed by atoms with Gasteiger partial charge < -0.3 is 26.2 Å². The largest absolute Gasteiger partial charge is 0.506 e. The summed E-state index contributed by atoms with van der Waals surface area (Å²) in [5.74, 6) is 0.246. The van der Waals surface area contributed by atoms with Gasteiger partial charge in [0.05, 0.1) is 25.4 Å². The van der Waals surface area contributed by atoms with Gasteiger partial charge in [0.1, 0.15) is 11.3 Å². The first-order chi connectivity index (χ1) is 9.45. The van der Waals surface area contributed by atoms with Crippen molar-refractivity contribution in [2.75, 3.05) is 19.8 Å². The maximum Gasteiger partial charge on any atom is 0.141 e. The van der Waals surface area contributed by atoms with Crippen LogP contribution in [0.5, 0.6) is 5.75 Å². The molecule has 0 fully saturated rings. The highest BCUT2D eigenvalue weighted by Gasteiger charge is 2.20. The molecule has 113 valence electrons. The zero-order valence-corrected chi connectivity index (χ0v) is 13.1. The molecule has 3 radical (unpaired) electrons. The first-order valence-electron chi connectivity index (χ1n) is 6.12. The summed E-state index contributed by atoms with van der Waals surface area (Å²) in [7, 11) is 0. The van der Waals surface area contributed by atoms with E-state index in [0.29, 0.717) is 5.52 Å². The minimum absolute atomic E-state index is 0. The van der Waals surface area contributed by atoms with E-state index >= 15 is 0 Å². The third-order valence-corrected chi connectivity index (χ3v) is 2.78. The number of pyridine rings is 1. The Kier molecular flexibility index (Phi) is 8.44. The second kappa shape index (κ2) is 8.95. The Labute approximate surface area is 134 Å². The maximum absolute atomic E-state index is 9.43. The van der Waals surface area contributed by atoms with Gasteiger partial charge in [0, 0.05) is 28.4 Å². The number of rotatable bonds is 3. The molecule has 0 bridgehead atoms. The normalized spacial score (nSPS) is 10.5. The standard InChI is InChI=1S/C10H9NO.C4H11NO3.Al/c1-7-5-6-8-3-2-4-9(12)10(8)11-7;5-4(1-6,2-7)3-8;/h2-6,12H,1H3;6-8H,1-3,5H2;. The van der Waals surface area contributed by atoms with E-state index in [9.17, 15) is 5.11 Å². The van der Waals surface area contributed by atoms with Gasteiger partial charge in [0.2, 0.25) is 0 Å². The fourth-order valence-corrected chi connectivity index (χ4v) is 1.38. The van der Waals surface area contributed by atoms with Crippen LogP contribution in [0, 0.1) is 6.92 Å². The average Bonchev–Trinajstić information content (AvgIpc) is 2.48. The summed E-state index contributed by atoms with van der Waals surface area (Å²) in [6.07, 6.45) is 0. The van der Waals surface area contributed by atoms with Gasteiger partial charge >= 0.3 is 0 Å². The van der Waals surface area contributed by atoms with Crippen molar-refractivity contribution in [2.45, 2.75) is 12.5 Å². The summed E-state index contributed by atoms with van der Waals surface area (Å²) in [6, 6.07) is 9.28. The smallest absolute Gasteiger partial charge is 0.141 e. The van der Waals surface area contributed by atoms with Crippen LogP contribution >= 0.6 is 0 Å². The number of benzene rings is 1. The SMILES string of the molecule is Cc1ccc2cccc(O)c2n1.NC(CO)(CO)CO.[Al]. The van der Waals surface area contributed by atoms with E-state index in [4.69, 9.17) is 21.1 Å². The van der Waals surface area contributed by atoms with Crippen molar-refractivity contribution in [1.82, 2.24) is 4.98 Å². The van der Waals surface area contributed by atoms with Crippen LogP contribution in [0.25, 0.3) is 10.9 Å². The minimum atomic E-state index is -1.21. The van der Waals surface area contributed by atoms with Crippen molar-refractivity contribution in [3.05, 3.63) is 36.0 Å². The Hall–Kier alpha value is -1.20. The van der Waals surface area contributed by atoms with Crippen LogP contribution in [-0.4, -0.2) is 68.1 Å². The van der Waals surface area contributed by atoms with Gasteiger partial charge in [-0.2, -0.15) is 0 Å². The molecule has 0 spiro atoms. The van der Waals surface area contributed by atoms with Crippen LogP contribution in [0.15, 0.2) is 30.3 Å². The van der Waals surface area contributed by atoms with Crippen molar-refractivity contribution in [2.24, 2.45) is 5.73 Å². The fraction of sp³-hybridized carbons (Fsp3) is 0.357. The molecule has 0 aliphatic heterocycles. The molecule has 2 aromatic rings. The monoisotopic (exact) mass is 307 g/mol. The molecule has 6 N–H and O–H groups in total. The molecule has 0 aliphatic carbocycles. The molecule has 0 aliphatic rings. The Bertz CT molecular complexity index is 553. The van der Waals surface area contributed by atoms with Crippen molar-refractivity contribution in [3.63, 3.8) is 0 Å². The predicted molar refractivity (Wildman–Crippen MR) is 82.1 cm³/mol.